The van der Waals surface area contributed by atoms with Crippen molar-refractivity contribution in [3.8, 4) is 6.07 Å². The lowest BCUT2D eigenvalue weighted by atomic mass is 10.0. The molecule has 0 bridgehead atoms. The summed E-state index contributed by atoms with van der Waals surface area (Å²) in [6.07, 6.45) is 2.43. The molecule has 5 heteroatoms. The molecule has 0 saturated carbocycles. The molecule has 3 aromatic rings. The molecule has 0 aliphatic carbocycles. The van der Waals surface area contributed by atoms with Gasteiger partial charge in [0.25, 0.3) is 0 Å². The highest BCUT2D eigenvalue weighted by atomic mass is 15.1. The van der Waals surface area contributed by atoms with E-state index in [1.807, 2.05) is 37.4 Å². The number of fused-ring (bicyclic) bond motifs is 1. The molecule has 20 heavy (non-hydrogen) atoms. The van der Waals surface area contributed by atoms with Crippen molar-refractivity contribution in [1.29, 1.82) is 5.26 Å². The molecule has 0 amide bonds. The van der Waals surface area contributed by atoms with Gasteiger partial charge in [0.2, 0.25) is 5.95 Å². The van der Waals surface area contributed by atoms with E-state index in [2.05, 4.69) is 16.0 Å². The number of hydrogen-bond donors (Lipinski definition) is 1. The maximum absolute atomic E-state index is 9.31. The first-order valence-electron chi connectivity index (χ1n) is 6.24. The third-order valence-corrected chi connectivity index (χ3v) is 3.30. The van der Waals surface area contributed by atoms with Crippen LogP contribution in [0.25, 0.3) is 11.0 Å². The van der Waals surface area contributed by atoms with Crippen molar-refractivity contribution in [2.45, 2.75) is 6.42 Å². The molecule has 1 aromatic carbocycles. The highest BCUT2D eigenvalue weighted by Crippen LogP contribution is 2.23. The lowest BCUT2D eigenvalue weighted by Crippen LogP contribution is -1.98. The molecular weight excluding hydrogens is 250 g/mol. The fourth-order valence-electron chi connectivity index (χ4n) is 2.33. The Balaban J connectivity index is 2.12. The van der Waals surface area contributed by atoms with Gasteiger partial charge in [-0.1, -0.05) is 6.07 Å². The van der Waals surface area contributed by atoms with E-state index in [4.69, 9.17) is 5.73 Å². The van der Waals surface area contributed by atoms with E-state index < -0.39 is 0 Å². The molecule has 2 aromatic heterocycles. The van der Waals surface area contributed by atoms with Gasteiger partial charge in [0.1, 0.15) is 6.07 Å². The average molecular weight is 263 g/mol. The van der Waals surface area contributed by atoms with Gasteiger partial charge in [-0.05, 0) is 29.8 Å². The van der Waals surface area contributed by atoms with E-state index in [-0.39, 0.29) is 0 Å². The van der Waals surface area contributed by atoms with Crippen molar-refractivity contribution in [3.63, 3.8) is 0 Å². The van der Waals surface area contributed by atoms with Gasteiger partial charge in [0.05, 0.1) is 16.6 Å². The molecule has 0 unspecified atom stereocenters. The number of aromatic nitrogens is 3. The first-order valence-corrected chi connectivity index (χ1v) is 6.24. The molecule has 0 saturated heterocycles. The van der Waals surface area contributed by atoms with Gasteiger partial charge in [-0.25, -0.2) is 4.98 Å². The van der Waals surface area contributed by atoms with Crippen LogP contribution in [0.5, 0.6) is 0 Å². The van der Waals surface area contributed by atoms with E-state index in [1.54, 1.807) is 10.8 Å². The topological polar surface area (TPSA) is 80.5 Å². The average Bonchev–Trinajstić information content (AvgIpc) is 2.74. The lowest BCUT2D eigenvalue weighted by molar-refractivity contribution is 0.963. The van der Waals surface area contributed by atoms with Crippen molar-refractivity contribution in [2.75, 3.05) is 5.73 Å². The number of aryl methyl sites for hydroxylation is 1. The van der Waals surface area contributed by atoms with E-state index >= 15 is 0 Å². The van der Waals surface area contributed by atoms with Crippen molar-refractivity contribution >= 4 is 17.0 Å². The van der Waals surface area contributed by atoms with E-state index in [0.29, 0.717) is 17.9 Å². The molecule has 98 valence electrons. The fourth-order valence-corrected chi connectivity index (χ4v) is 2.33. The second kappa shape index (κ2) is 4.67. The molecule has 0 aliphatic heterocycles. The summed E-state index contributed by atoms with van der Waals surface area (Å²) < 4.78 is 1.73. The van der Waals surface area contributed by atoms with Gasteiger partial charge in [-0.3, -0.25) is 4.98 Å². The Bertz CT molecular complexity index is 812. The first kappa shape index (κ1) is 12.2. The molecule has 0 fully saturated rings. The minimum absolute atomic E-state index is 0.409. The van der Waals surface area contributed by atoms with Crippen LogP contribution in [0.2, 0.25) is 0 Å². The minimum atomic E-state index is 0.409. The summed E-state index contributed by atoms with van der Waals surface area (Å²) in [6, 6.07) is 11.8. The summed E-state index contributed by atoms with van der Waals surface area (Å²) >= 11 is 0. The van der Waals surface area contributed by atoms with Crippen LogP contribution in [-0.2, 0) is 13.5 Å². The number of nitrogens with zero attached hydrogens (tertiary/aromatic N) is 4. The number of nitrogens with two attached hydrogens (primary N) is 1. The Kier molecular flexibility index (Phi) is 2.84. The summed E-state index contributed by atoms with van der Waals surface area (Å²) in [5.41, 5.74) is 9.87. The monoisotopic (exact) mass is 263 g/mol. The molecule has 2 heterocycles. The maximum Gasteiger partial charge on any atom is 0.200 e. The number of nitrogen functional groups attached to an aromatic ring is 1. The Morgan fingerprint density at radius 2 is 2.20 bits per heavy atom. The molecule has 0 atom stereocenters. The third-order valence-electron chi connectivity index (χ3n) is 3.30. The zero-order chi connectivity index (χ0) is 14.1. The molecule has 3 rings (SSSR count). The van der Waals surface area contributed by atoms with E-state index in [0.717, 1.165) is 22.3 Å². The highest BCUT2D eigenvalue weighted by Gasteiger charge is 2.12. The van der Waals surface area contributed by atoms with Crippen molar-refractivity contribution in [2.24, 2.45) is 7.05 Å². The first-order chi connectivity index (χ1) is 9.69. The predicted molar refractivity (Wildman–Crippen MR) is 76.9 cm³/mol. The Morgan fingerprint density at radius 1 is 1.35 bits per heavy atom. The third kappa shape index (κ3) is 1.97. The van der Waals surface area contributed by atoms with Gasteiger partial charge >= 0.3 is 0 Å². The summed E-state index contributed by atoms with van der Waals surface area (Å²) in [7, 11) is 1.81. The van der Waals surface area contributed by atoms with Crippen LogP contribution in [-0.4, -0.2) is 14.5 Å². The Labute approximate surface area is 116 Å². The largest absolute Gasteiger partial charge is 0.369 e. The van der Waals surface area contributed by atoms with Crippen LogP contribution in [0.15, 0.2) is 36.5 Å². The Morgan fingerprint density at radius 3 is 2.90 bits per heavy atom. The number of hydrogen-bond acceptors (Lipinski definition) is 4. The molecule has 0 radical (unpaired) electrons. The second-order valence-corrected chi connectivity index (χ2v) is 4.65. The van der Waals surface area contributed by atoms with Crippen molar-refractivity contribution < 1.29 is 0 Å². The van der Waals surface area contributed by atoms with Crippen LogP contribution < -0.4 is 5.73 Å². The maximum atomic E-state index is 9.31. The molecule has 0 aliphatic rings. The number of rotatable bonds is 2. The van der Waals surface area contributed by atoms with Gasteiger partial charge in [-0.15, -0.1) is 0 Å². The molecule has 2 N–H and O–H groups in total. The molecule has 5 nitrogen and oxygen atoms in total. The van der Waals surface area contributed by atoms with Crippen LogP contribution in [0, 0.1) is 11.3 Å². The number of imidazole rings is 1. The van der Waals surface area contributed by atoms with Gasteiger partial charge in [0, 0.05) is 25.4 Å². The van der Waals surface area contributed by atoms with Crippen molar-refractivity contribution in [3.05, 3.63) is 53.3 Å². The van der Waals surface area contributed by atoms with Crippen LogP contribution >= 0.6 is 0 Å². The number of pyridine rings is 1. The summed E-state index contributed by atoms with van der Waals surface area (Å²) in [4.78, 5) is 8.59. The quantitative estimate of drug-likeness (QED) is 0.767. The van der Waals surface area contributed by atoms with Gasteiger partial charge in [-0.2, -0.15) is 5.26 Å². The number of nitriles is 1. The normalized spacial score (nSPS) is 10.6. The van der Waals surface area contributed by atoms with Gasteiger partial charge in [0.15, 0.2) is 0 Å². The zero-order valence-corrected chi connectivity index (χ0v) is 11.0. The zero-order valence-electron chi connectivity index (χ0n) is 11.0. The van der Waals surface area contributed by atoms with Crippen LogP contribution in [0.3, 0.4) is 0 Å². The van der Waals surface area contributed by atoms with E-state index in [1.165, 1.54) is 0 Å². The van der Waals surface area contributed by atoms with Crippen LogP contribution in [0.1, 0.15) is 16.8 Å². The van der Waals surface area contributed by atoms with Crippen molar-refractivity contribution in [1.82, 2.24) is 14.5 Å². The fraction of sp³-hybridized carbons (Fsp3) is 0.133. The summed E-state index contributed by atoms with van der Waals surface area (Å²) in [5.74, 6) is 0.409. The lowest BCUT2D eigenvalue weighted by Gasteiger charge is -2.04. The smallest absolute Gasteiger partial charge is 0.200 e. The number of anilines is 1. The summed E-state index contributed by atoms with van der Waals surface area (Å²) in [5, 5.41) is 9.31. The number of benzene rings is 1. The summed E-state index contributed by atoms with van der Waals surface area (Å²) in [6.45, 7) is 0. The minimum Gasteiger partial charge on any atom is -0.369 e. The van der Waals surface area contributed by atoms with E-state index in [9.17, 15) is 5.26 Å². The standard InChI is InChI=1S/C15H13N5/c1-20-14-11(9-16)6-10(8-13(14)19-15(20)17)7-12-4-2-3-5-18-12/h2-6,8H,7H2,1H3,(H2,17,19). The van der Waals surface area contributed by atoms with Crippen LogP contribution in [0.4, 0.5) is 5.95 Å². The SMILES string of the molecule is Cn1c(N)nc2cc(Cc3ccccn3)cc(C#N)c21. The van der Waals surface area contributed by atoms with Gasteiger partial charge < -0.3 is 10.3 Å². The molecule has 0 spiro atoms. The Hall–Kier alpha value is -2.87. The predicted octanol–water partition coefficient (Wildman–Crippen LogP) is 2.01. The highest BCUT2D eigenvalue weighted by molar-refractivity contribution is 5.85. The molecular formula is C15H13N5. The second-order valence-electron chi connectivity index (χ2n) is 4.65.